The molecule has 0 fully saturated rings. The fraction of sp³-hybridized carbons (Fsp3) is 0.0500. The molecule has 0 saturated carbocycles. The van der Waals surface area contributed by atoms with Crippen LogP contribution in [0.5, 0.6) is 5.75 Å². The second-order valence-corrected chi connectivity index (χ2v) is 6.86. The van der Waals surface area contributed by atoms with E-state index in [0.717, 1.165) is 4.90 Å². The minimum absolute atomic E-state index is 0.0264. The monoisotopic (exact) mass is 379 g/mol. The molecule has 0 spiro atoms. The SMILES string of the molecule is COc1cc([N+](=O)[O-])ccc1-c1ccc(C=C2Sc3ccccc3C2=O)o1. The van der Waals surface area contributed by atoms with Gasteiger partial charge in [0.2, 0.25) is 5.78 Å². The van der Waals surface area contributed by atoms with Gasteiger partial charge in [-0.3, -0.25) is 14.9 Å². The van der Waals surface area contributed by atoms with Crippen LogP contribution in [0.1, 0.15) is 16.1 Å². The fourth-order valence-corrected chi connectivity index (χ4v) is 3.87. The second-order valence-electron chi connectivity index (χ2n) is 5.78. The van der Waals surface area contributed by atoms with Crippen LogP contribution in [0.3, 0.4) is 0 Å². The van der Waals surface area contributed by atoms with Crippen molar-refractivity contribution in [2.75, 3.05) is 7.11 Å². The predicted octanol–water partition coefficient (Wildman–Crippen LogP) is 5.19. The first-order valence-electron chi connectivity index (χ1n) is 8.03. The Morgan fingerprint density at radius 3 is 2.67 bits per heavy atom. The van der Waals surface area contributed by atoms with Crippen molar-refractivity contribution < 1.29 is 18.9 Å². The smallest absolute Gasteiger partial charge is 0.273 e. The van der Waals surface area contributed by atoms with E-state index in [9.17, 15) is 14.9 Å². The van der Waals surface area contributed by atoms with E-state index in [4.69, 9.17) is 9.15 Å². The number of ether oxygens (including phenoxy) is 1. The van der Waals surface area contributed by atoms with Crippen molar-refractivity contribution in [3.63, 3.8) is 0 Å². The number of nitro groups is 1. The molecule has 0 atom stereocenters. The Bertz CT molecular complexity index is 1100. The Labute approximate surface area is 158 Å². The lowest BCUT2D eigenvalue weighted by Crippen LogP contribution is -1.93. The summed E-state index contributed by atoms with van der Waals surface area (Å²) in [5, 5.41) is 10.9. The summed E-state index contributed by atoms with van der Waals surface area (Å²) < 4.78 is 11.1. The van der Waals surface area contributed by atoms with Gasteiger partial charge in [-0.2, -0.15) is 0 Å². The summed E-state index contributed by atoms with van der Waals surface area (Å²) >= 11 is 1.41. The summed E-state index contributed by atoms with van der Waals surface area (Å²) in [6.45, 7) is 0. The molecule has 3 aromatic rings. The molecule has 7 heteroatoms. The molecule has 1 aliphatic heterocycles. The van der Waals surface area contributed by atoms with Crippen LogP contribution in [0.25, 0.3) is 17.4 Å². The molecule has 0 radical (unpaired) electrons. The third-order valence-corrected chi connectivity index (χ3v) is 5.24. The molecule has 0 bridgehead atoms. The highest BCUT2D eigenvalue weighted by molar-refractivity contribution is 8.04. The average Bonchev–Trinajstić information content (AvgIpc) is 3.27. The maximum Gasteiger partial charge on any atom is 0.273 e. The van der Waals surface area contributed by atoms with Crippen LogP contribution in [0.4, 0.5) is 5.69 Å². The number of carbonyl (C=O) groups excluding carboxylic acids is 1. The number of fused-ring (bicyclic) bond motifs is 1. The number of hydrogen-bond acceptors (Lipinski definition) is 6. The number of hydrogen-bond donors (Lipinski definition) is 0. The number of nitrogens with zero attached hydrogens (tertiary/aromatic N) is 1. The summed E-state index contributed by atoms with van der Waals surface area (Å²) in [6.07, 6.45) is 1.70. The van der Waals surface area contributed by atoms with Crippen molar-refractivity contribution in [2.45, 2.75) is 4.90 Å². The third-order valence-electron chi connectivity index (χ3n) is 4.14. The standard InChI is InChI=1S/C20H13NO5S/c1-25-17-10-12(21(23)24)6-8-14(17)16-9-7-13(26-16)11-19-20(22)15-4-2-3-5-18(15)27-19/h2-11H,1H3. The number of ketones is 1. The van der Waals surface area contributed by atoms with Gasteiger partial charge in [0, 0.05) is 16.5 Å². The predicted molar refractivity (Wildman–Crippen MR) is 102 cm³/mol. The molecule has 0 amide bonds. The van der Waals surface area contributed by atoms with Crippen molar-refractivity contribution in [1.82, 2.24) is 0 Å². The maximum atomic E-state index is 12.5. The number of nitro benzene ring substituents is 1. The van der Waals surface area contributed by atoms with Crippen LogP contribution >= 0.6 is 11.8 Å². The molecule has 0 N–H and O–H groups in total. The lowest BCUT2D eigenvalue weighted by atomic mass is 10.1. The van der Waals surface area contributed by atoms with Gasteiger partial charge < -0.3 is 9.15 Å². The Balaban J connectivity index is 1.66. The quantitative estimate of drug-likeness (QED) is 0.352. The minimum Gasteiger partial charge on any atom is -0.496 e. The largest absolute Gasteiger partial charge is 0.496 e. The van der Waals surface area contributed by atoms with Crippen LogP contribution in [0, 0.1) is 10.1 Å². The molecule has 27 heavy (non-hydrogen) atoms. The second kappa shape index (κ2) is 6.77. The Morgan fingerprint density at radius 1 is 1.11 bits per heavy atom. The number of carbonyl (C=O) groups is 1. The van der Waals surface area contributed by atoms with Gasteiger partial charge in [0.25, 0.3) is 5.69 Å². The Hall–Kier alpha value is -3.32. The van der Waals surface area contributed by atoms with Crippen molar-refractivity contribution >= 4 is 29.3 Å². The number of thioether (sulfide) groups is 1. The highest BCUT2D eigenvalue weighted by Gasteiger charge is 2.25. The Morgan fingerprint density at radius 2 is 1.93 bits per heavy atom. The van der Waals surface area contributed by atoms with Gasteiger partial charge in [0.1, 0.15) is 17.3 Å². The maximum absolute atomic E-state index is 12.5. The number of furan rings is 1. The number of allylic oxidation sites excluding steroid dienone is 1. The van der Waals surface area contributed by atoms with Crippen molar-refractivity contribution in [3.05, 3.63) is 80.9 Å². The normalized spacial score (nSPS) is 14.4. The van der Waals surface area contributed by atoms with Crippen molar-refractivity contribution in [2.24, 2.45) is 0 Å². The molecule has 2 aromatic carbocycles. The van der Waals surface area contributed by atoms with E-state index in [1.165, 1.54) is 31.0 Å². The first kappa shape index (κ1) is 17.1. The van der Waals surface area contributed by atoms with Crippen LogP contribution in [-0.2, 0) is 0 Å². The van der Waals surface area contributed by atoms with Crippen LogP contribution in [0.2, 0.25) is 0 Å². The topological polar surface area (TPSA) is 82.6 Å². The summed E-state index contributed by atoms with van der Waals surface area (Å²) in [6, 6.07) is 15.3. The lowest BCUT2D eigenvalue weighted by molar-refractivity contribution is -0.384. The van der Waals surface area contributed by atoms with E-state index in [1.807, 2.05) is 18.2 Å². The molecule has 2 heterocycles. The fourth-order valence-electron chi connectivity index (χ4n) is 2.84. The van der Waals surface area contributed by atoms with E-state index >= 15 is 0 Å². The summed E-state index contributed by atoms with van der Waals surface area (Å²) in [5.74, 6) is 1.34. The van der Waals surface area contributed by atoms with Gasteiger partial charge in [0.05, 0.1) is 28.6 Å². The first-order chi connectivity index (χ1) is 13.1. The molecular formula is C20H13NO5S. The zero-order chi connectivity index (χ0) is 19.0. The van der Waals surface area contributed by atoms with E-state index in [0.29, 0.717) is 33.3 Å². The molecule has 4 rings (SSSR count). The Kier molecular flexibility index (Phi) is 4.29. The van der Waals surface area contributed by atoms with Gasteiger partial charge in [0.15, 0.2) is 0 Å². The van der Waals surface area contributed by atoms with Crippen LogP contribution in [0.15, 0.2) is 68.8 Å². The van der Waals surface area contributed by atoms with Gasteiger partial charge in [-0.15, -0.1) is 0 Å². The van der Waals surface area contributed by atoms with Gasteiger partial charge in [-0.05, 0) is 36.4 Å². The molecular weight excluding hydrogens is 366 g/mol. The van der Waals surface area contributed by atoms with E-state index in [-0.39, 0.29) is 11.5 Å². The van der Waals surface area contributed by atoms with E-state index in [2.05, 4.69) is 0 Å². The summed E-state index contributed by atoms with van der Waals surface area (Å²) in [4.78, 5) is 24.4. The number of Topliss-reactive ketones (excluding diaryl/α,β-unsaturated/α-hetero) is 1. The summed E-state index contributed by atoms with van der Waals surface area (Å²) in [5.41, 5.74) is 1.23. The van der Waals surface area contributed by atoms with Crippen molar-refractivity contribution in [1.29, 1.82) is 0 Å². The van der Waals surface area contributed by atoms with Gasteiger partial charge >= 0.3 is 0 Å². The van der Waals surface area contributed by atoms with Gasteiger partial charge in [-0.25, -0.2) is 0 Å². The highest BCUT2D eigenvalue weighted by Crippen LogP contribution is 2.41. The zero-order valence-corrected chi connectivity index (χ0v) is 15.0. The molecule has 134 valence electrons. The van der Waals surface area contributed by atoms with Crippen LogP contribution < -0.4 is 4.74 Å². The number of methoxy groups -OCH3 is 1. The zero-order valence-electron chi connectivity index (χ0n) is 14.2. The van der Waals surface area contributed by atoms with E-state index < -0.39 is 4.92 Å². The number of rotatable bonds is 4. The molecule has 0 unspecified atom stereocenters. The molecule has 0 saturated heterocycles. The average molecular weight is 379 g/mol. The minimum atomic E-state index is -0.481. The van der Waals surface area contributed by atoms with Crippen molar-refractivity contribution in [3.8, 4) is 17.1 Å². The van der Waals surface area contributed by atoms with Gasteiger partial charge in [-0.1, -0.05) is 23.9 Å². The molecule has 1 aromatic heterocycles. The molecule has 0 aliphatic carbocycles. The lowest BCUT2D eigenvalue weighted by Gasteiger charge is -2.05. The molecule has 1 aliphatic rings. The first-order valence-corrected chi connectivity index (χ1v) is 8.84. The summed E-state index contributed by atoms with van der Waals surface area (Å²) in [7, 11) is 1.44. The highest BCUT2D eigenvalue weighted by atomic mass is 32.2. The third kappa shape index (κ3) is 3.13. The number of benzene rings is 2. The molecule has 6 nitrogen and oxygen atoms in total. The van der Waals surface area contributed by atoms with Crippen LogP contribution in [-0.4, -0.2) is 17.8 Å². The number of non-ortho nitro benzene ring substituents is 1. The van der Waals surface area contributed by atoms with E-state index in [1.54, 1.807) is 30.3 Å².